The van der Waals surface area contributed by atoms with Gasteiger partial charge in [-0.2, -0.15) is 13.2 Å². The number of benzene rings is 2. The van der Waals surface area contributed by atoms with Gasteiger partial charge in [0.15, 0.2) is 0 Å². The van der Waals surface area contributed by atoms with Crippen molar-refractivity contribution in [3.63, 3.8) is 0 Å². The van der Waals surface area contributed by atoms with Crippen molar-refractivity contribution >= 4 is 5.91 Å². The fourth-order valence-electron chi connectivity index (χ4n) is 3.13. The molecule has 0 radical (unpaired) electrons. The van der Waals surface area contributed by atoms with Crippen LogP contribution >= 0.6 is 0 Å². The maximum atomic E-state index is 13.8. The predicted molar refractivity (Wildman–Crippen MR) is 90.2 cm³/mol. The highest BCUT2D eigenvalue weighted by molar-refractivity contribution is 6.01. The van der Waals surface area contributed by atoms with E-state index < -0.39 is 23.5 Å². The van der Waals surface area contributed by atoms with E-state index in [2.05, 4.69) is 5.32 Å². The van der Waals surface area contributed by atoms with Crippen LogP contribution in [0.15, 0.2) is 42.5 Å². The maximum Gasteiger partial charge on any atom is 0.416 e. The zero-order valence-electron chi connectivity index (χ0n) is 14.1. The van der Waals surface area contributed by atoms with E-state index in [1.807, 2.05) is 0 Å². The molecule has 2 aromatic carbocycles. The summed E-state index contributed by atoms with van der Waals surface area (Å²) in [6.07, 6.45) is -3.72. The molecule has 3 rings (SSSR count). The average Bonchev–Trinajstić information content (AvgIpc) is 3.14. The summed E-state index contributed by atoms with van der Waals surface area (Å²) < 4.78 is 52.8. The smallest absolute Gasteiger partial charge is 0.337 e. The molecule has 1 amide bonds. The van der Waals surface area contributed by atoms with E-state index in [9.17, 15) is 22.4 Å². The van der Waals surface area contributed by atoms with E-state index >= 15 is 0 Å². The Bertz CT molecular complexity index is 813. The minimum absolute atomic E-state index is 0.0277. The molecule has 1 saturated heterocycles. The standard InChI is InChI=1S/C19H18F4N2O/c1-25(15-7-8-24-11-15)18(26)17-10-14(20)5-6-16(17)12-3-2-4-13(9-12)19(21,22)23/h2-6,9-10,15,24H,7-8,11H2,1H3. The van der Waals surface area contributed by atoms with Crippen LogP contribution in [0.2, 0.25) is 0 Å². The molecule has 0 aliphatic carbocycles. The molecule has 7 heteroatoms. The first-order valence-electron chi connectivity index (χ1n) is 8.22. The van der Waals surface area contributed by atoms with Crippen LogP contribution in [0.25, 0.3) is 11.1 Å². The molecular weight excluding hydrogens is 348 g/mol. The van der Waals surface area contributed by atoms with Crippen LogP contribution in [0.3, 0.4) is 0 Å². The monoisotopic (exact) mass is 366 g/mol. The van der Waals surface area contributed by atoms with Gasteiger partial charge in [-0.15, -0.1) is 0 Å². The number of halogens is 4. The van der Waals surface area contributed by atoms with E-state index in [0.29, 0.717) is 6.54 Å². The number of amides is 1. The summed E-state index contributed by atoms with van der Waals surface area (Å²) in [5.41, 5.74) is -0.258. The largest absolute Gasteiger partial charge is 0.416 e. The zero-order chi connectivity index (χ0) is 18.9. The number of nitrogens with one attached hydrogen (secondary N) is 1. The van der Waals surface area contributed by atoms with E-state index in [-0.39, 0.29) is 22.7 Å². The van der Waals surface area contributed by atoms with Crippen LogP contribution in [0.1, 0.15) is 22.3 Å². The Morgan fingerprint density at radius 1 is 1.19 bits per heavy atom. The Morgan fingerprint density at radius 2 is 1.96 bits per heavy atom. The Balaban J connectivity index is 2.02. The molecule has 2 aromatic rings. The molecule has 1 N–H and O–H groups in total. The van der Waals surface area contributed by atoms with Crippen LogP contribution in [0.4, 0.5) is 17.6 Å². The molecule has 3 nitrogen and oxygen atoms in total. The van der Waals surface area contributed by atoms with Crippen LogP contribution in [0, 0.1) is 5.82 Å². The fourth-order valence-corrected chi connectivity index (χ4v) is 3.13. The van der Waals surface area contributed by atoms with Crippen molar-refractivity contribution in [2.45, 2.75) is 18.6 Å². The predicted octanol–water partition coefficient (Wildman–Crippen LogP) is 3.95. The lowest BCUT2D eigenvalue weighted by Crippen LogP contribution is -2.38. The minimum atomic E-state index is -4.49. The van der Waals surface area contributed by atoms with Crippen molar-refractivity contribution in [2.75, 3.05) is 20.1 Å². The first kappa shape index (κ1) is 18.4. The molecule has 1 aliphatic rings. The summed E-state index contributed by atoms with van der Waals surface area (Å²) in [5, 5.41) is 3.15. The van der Waals surface area contributed by atoms with E-state index in [0.717, 1.165) is 37.2 Å². The first-order valence-corrected chi connectivity index (χ1v) is 8.22. The summed E-state index contributed by atoms with van der Waals surface area (Å²) in [7, 11) is 1.63. The fraction of sp³-hybridized carbons (Fsp3) is 0.316. The summed E-state index contributed by atoms with van der Waals surface area (Å²) in [4.78, 5) is 14.4. The van der Waals surface area contributed by atoms with Gasteiger partial charge in [0.05, 0.1) is 11.1 Å². The van der Waals surface area contributed by atoms with Crippen LogP contribution in [-0.4, -0.2) is 37.0 Å². The molecular formula is C19H18F4N2O. The topological polar surface area (TPSA) is 32.3 Å². The van der Waals surface area contributed by atoms with Crippen molar-refractivity contribution in [3.8, 4) is 11.1 Å². The molecule has 1 heterocycles. The van der Waals surface area contributed by atoms with Gasteiger partial charge in [0.2, 0.25) is 0 Å². The zero-order valence-corrected chi connectivity index (χ0v) is 14.1. The van der Waals surface area contributed by atoms with Crippen LogP contribution in [0.5, 0.6) is 0 Å². The number of carbonyl (C=O) groups is 1. The highest BCUT2D eigenvalue weighted by Crippen LogP contribution is 2.33. The summed E-state index contributed by atoms with van der Waals surface area (Å²) in [5.74, 6) is -1.02. The highest BCUT2D eigenvalue weighted by Gasteiger charge is 2.31. The number of carbonyl (C=O) groups excluding carboxylic acids is 1. The van der Waals surface area contributed by atoms with Gasteiger partial charge >= 0.3 is 6.18 Å². The van der Waals surface area contributed by atoms with Gasteiger partial charge in [-0.25, -0.2) is 4.39 Å². The van der Waals surface area contributed by atoms with Gasteiger partial charge in [-0.3, -0.25) is 4.79 Å². The van der Waals surface area contributed by atoms with Gasteiger partial charge in [0.25, 0.3) is 5.91 Å². The Hall–Kier alpha value is -2.41. The Kier molecular flexibility index (Phi) is 5.00. The number of hydrogen-bond donors (Lipinski definition) is 1. The number of alkyl halides is 3. The lowest BCUT2D eigenvalue weighted by atomic mass is 9.96. The van der Waals surface area contributed by atoms with Gasteiger partial charge in [-0.05, 0) is 48.4 Å². The van der Waals surface area contributed by atoms with Crippen molar-refractivity contribution in [1.29, 1.82) is 0 Å². The first-order chi connectivity index (χ1) is 12.3. The molecule has 0 saturated carbocycles. The molecule has 1 atom stereocenters. The van der Waals surface area contributed by atoms with E-state index in [1.54, 1.807) is 7.05 Å². The van der Waals surface area contributed by atoms with E-state index in [1.165, 1.54) is 23.1 Å². The lowest BCUT2D eigenvalue weighted by molar-refractivity contribution is -0.137. The van der Waals surface area contributed by atoms with Gasteiger partial charge in [-0.1, -0.05) is 18.2 Å². The molecule has 1 fully saturated rings. The number of likely N-dealkylation sites (N-methyl/N-ethyl adjacent to an activating group) is 1. The van der Waals surface area contributed by atoms with Crippen molar-refractivity contribution in [1.82, 2.24) is 10.2 Å². The van der Waals surface area contributed by atoms with Crippen LogP contribution < -0.4 is 5.32 Å². The van der Waals surface area contributed by atoms with Crippen molar-refractivity contribution < 1.29 is 22.4 Å². The normalized spacial score (nSPS) is 17.3. The second-order valence-corrected chi connectivity index (χ2v) is 6.33. The average molecular weight is 366 g/mol. The third kappa shape index (κ3) is 3.72. The molecule has 138 valence electrons. The summed E-state index contributed by atoms with van der Waals surface area (Å²) in [6, 6.07) is 8.24. The molecule has 0 aromatic heterocycles. The van der Waals surface area contributed by atoms with Gasteiger partial charge < -0.3 is 10.2 Å². The van der Waals surface area contributed by atoms with Crippen LogP contribution in [-0.2, 0) is 6.18 Å². The van der Waals surface area contributed by atoms with Crippen molar-refractivity contribution in [3.05, 3.63) is 59.4 Å². The third-order valence-electron chi connectivity index (χ3n) is 4.62. The lowest BCUT2D eigenvalue weighted by Gasteiger charge is -2.25. The van der Waals surface area contributed by atoms with Gasteiger partial charge in [0.1, 0.15) is 5.82 Å². The Morgan fingerprint density at radius 3 is 2.62 bits per heavy atom. The quantitative estimate of drug-likeness (QED) is 0.835. The number of nitrogens with zero attached hydrogens (tertiary/aromatic N) is 1. The molecule has 1 aliphatic heterocycles. The second-order valence-electron chi connectivity index (χ2n) is 6.33. The molecule has 0 spiro atoms. The molecule has 0 bridgehead atoms. The second kappa shape index (κ2) is 7.07. The Labute approximate surface area is 148 Å². The number of hydrogen-bond acceptors (Lipinski definition) is 2. The summed E-state index contributed by atoms with van der Waals surface area (Å²) in [6.45, 7) is 1.42. The highest BCUT2D eigenvalue weighted by atomic mass is 19.4. The number of rotatable bonds is 3. The van der Waals surface area contributed by atoms with E-state index in [4.69, 9.17) is 0 Å². The minimum Gasteiger partial charge on any atom is -0.337 e. The summed E-state index contributed by atoms with van der Waals surface area (Å²) >= 11 is 0. The van der Waals surface area contributed by atoms with Crippen molar-refractivity contribution in [2.24, 2.45) is 0 Å². The SMILES string of the molecule is CN(C(=O)c1cc(F)ccc1-c1cccc(C(F)(F)F)c1)C1CCNC1. The molecule has 1 unspecified atom stereocenters. The maximum absolute atomic E-state index is 13.8. The van der Waals surface area contributed by atoms with Gasteiger partial charge in [0, 0.05) is 19.6 Å². The third-order valence-corrected chi connectivity index (χ3v) is 4.62. The molecule has 26 heavy (non-hydrogen) atoms.